The number of carbonyl (C=O) groups is 1. The SMILES string of the molecule is CC(C)(C)OC(=O)N1CCOCC1.O=P. The molecule has 1 rings (SSSR count). The van der Waals surface area contributed by atoms with Crippen LogP contribution in [-0.2, 0) is 14.0 Å². The first-order valence-corrected chi connectivity index (χ1v) is 5.16. The van der Waals surface area contributed by atoms with Crippen LogP contribution in [0.15, 0.2) is 0 Å². The molecule has 6 heteroatoms. The summed E-state index contributed by atoms with van der Waals surface area (Å²) >= 11 is 0. The minimum atomic E-state index is -0.407. The second kappa shape index (κ2) is 6.75. The quantitative estimate of drug-likeness (QED) is 0.600. The van der Waals surface area contributed by atoms with Crippen molar-refractivity contribution in [1.82, 2.24) is 4.90 Å². The normalized spacial score (nSPS) is 16.3. The molecule has 1 aliphatic rings. The van der Waals surface area contributed by atoms with Crippen LogP contribution >= 0.6 is 9.12 Å². The van der Waals surface area contributed by atoms with E-state index in [-0.39, 0.29) is 6.09 Å². The molecule has 0 spiro atoms. The summed E-state index contributed by atoms with van der Waals surface area (Å²) in [5, 5.41) is 0. The largest absolute Gasteiger partial charge is 0.444 e. The van der Waals surface area contributed by atoms with Crippen LogP contribution in [0.1, 0.15) is 20.8 Å². The number of amides is 1. The van der Waals surface area contributed by atoms with Gasteiger partial charge in [0.05, 0.1) is 13.2 Å². The van der Waals surface area contributed by atoms with E-state index in [1.54, 1.807) is 14.0 Å². The van der Waals surface area contributed by atoms with Crippen molar-refractivity contribution in [3.63, 3.8) is 0 Å². The fraction of sp³-hybridized carbons (Fsp3) is 0.889. The van der Waals surface area contributed by atoms with Crippen molar-refractivity contribution in [1.29, 1.82) is 0 Å². The van der Waals surface area contributed by atoms with Gasteiger partial charge in [-0.05, 0) is 20.8 Å². The zero-order valence-electron chi connectivity index (χ0n) is 9.41. The van der Waals surface area contributed by atoms with Gasteiger partial charge in [0.15, 0.2) is 0 Å². The average molecular weight is 235 g/mol. The number of hydrogen-bond acceptors (Lipinski definition) is 4. The molecular weight excluding hydrogens is 217 g/mol. The van der Waals surface area contributed by atoms with Crippen molar-refractivity contribution in [3.05, 3.63) is 0 Å². The molecule has 0 N–H and O–H groups in total. The zero-order chi connectivity index (χ0) is 11.9. The molecule has 5 nitrogen and oxygen atoms in total. The van der Waals surface area contributed by atoms with Gasteiger partial charge in [-0.1, -0.05) is 0 Å². The van der Waals surface area contributed by atoms with Gasteiger partial charge in [-0.2, -0.15) is 0 Å². The predicted octanol–water partition coefficient (Wildman–Crippen LogP) is 1.73. The Labute approximate surface area is 92.3 Å². The summed E-state index contributed by atoms with van der Waals surface area (Å²) in [6.45, 7) is 8.09. The molecule has 1 fully saturated rings. The molecule has 88 valence electrons. The second-order valence-electron chi connectivity index (χ2n) is 4.08. The molecule has 0 bridgehead atoms. The first kappa shape index (κ1) is 14.3. The Morgan fingerprint density at radius 3 is 2.13 bits per heavy atom. The number of hydrogen-bond donors (Lipinski definition) is 0. The molecule has 1 heterocycles. The maximum absolute atomic E-state index is 11.5. The Kier molecular flexibility index (Phi) is 6.45. The third kappa shape index (κ3) is 6.42. The van der Waals surface area contributed by atoms with Crippen molar-refractivity contribution in [2.75, 3.05) is 26.3 Å². The van der Waals surface area contributed by atoms with Gasteiger partial charge in [0.1, 0.15) is 14.7 Å². The number of ether oxygens (including phenoxy) is 2. The maximum Gasteiger partial charge on any atom is 0.410 e. The molecule has 0 aliphatic carbocycles. The smallest absolute Gasteiger partial charge is 0.410 e. The minimum Gasteiger partial charge on any atom is -0.444 e. The lowest BCUT2D eigenvalue weighted by Gasteiger charge is -2.29. The van der Waals surface area contributed by atoms with Crippen molar-refractivity contribution in [2.45, 2.75) is 26.4 Å². The first-order valence-electron chi connectivity index (χ1n) is 4.75. The molecule has 1 aliphatic heterocycles. The monoisotopic (exact) mass is 235 g/mol. The van der Waals surface area contributed by atoms with E-state index in [1.165, 1.54) is 0 Å². The number of morpholine rings is 1. The van der Waals surface area contributed by atoms with Crippen molar-refractivity contribution < 1.29 is 18.8 Å². The highest BCUT2D eigenvalue weighted by molar-refractivity contribution is 7.00. The maximum atomic E-state index is 11.5. The Morgan fingerprint density at radius 2 is 1.73 bits per heavy atom. The molecule has 0 aromatic carbocycles. The Morgan fingerprint density at radius 1 is 1.27 bits per heavy atom. The molecule has 0 unspecified atom stereocenters. The minimum absolute atomic E-state index is 0.240. The lowest BCUT2D eigenvalue weighted by molar-refractivity contribution is -0.00677. The summed E-state index contributed by atoms with van der Waals surface area (Å²) in [6, 6.07) is 0. The molecule has 0 aromatic rings. The third-order valence-electron chi connectivity index (χ3n) is 1.66. The topological polar surface area (TPSA) is 55.8 Å². The fourth-order valence-corrected chi connectivity index (χ4v) is 1.07. The summed E-state index contributed by atoms with van der Waals surface area (Å²) in [5.74, 6) is 0. The number of rotatable bonds is 0. The average Bonchev–Trinajstić information content (AvgIpc) is 2.20. The van der Waals surface area contributed by atoms with E-state index in [1.807, 2.05) is 20.8 Å². The highest BCUT2D eigenvalue weighted by Crippen LogP contribution is 2.10. The zero-order valence-corrected chi connectivity index (χ0v) is 10.4. The first-order chi connectivity index (χ1) is 6.99. The van der Waals surface area contributed by atoms with Gasteiger partial charge in [-0.15, -0.1) is 0 Å². The van der Waals surface area contributed by atoms with Crippen molar-refractivity contribution >= 4 is 15.2 Å². The van der Waals surface area contributed by atoms with Gasteiger partial charge in [-0.3, -0.25) is 4.57 Å². The van der Waals surface area contributed by atoms with E-state index in [0.29, 0.717) is 26.3 Å². The van der Waals surface area contributed by atoms with Crippen LogP contribution in [0.5, 0.6) is 0 Å². The molecule has 1 saturated heterocycles. The van der Waals surface area contributed by atoms with Gasteiger partial charge in [0.25, 0.3) is 0 Å². The molecular formula is C9H18NO4P. The van der Waals surface area contributed by atoms with Crippen molar-refractivity contribution in [3.8, 4) is 0 Å². The Balaban J connectivity index is 0.000000921. The summed E-state index contributed by atoms with van der Waals surface area (Å²) in [4.78, 5) is 13.1. The molecule has 1 amide bonds. The highest BCUT2D eigenvalue weighted by atomic mass is 31.0. The predicted molar refractivity (Wildman–Crippen MR) is 57.6 cm³/mol. The molecule has 0 aromatic heterocycles. The second-order valence-corrected chi connectivity index (χ2v) is 4.08. The lowest BCUT2D eigenvalue weighted by atomic mass is 10.2. The van der Waals surface area contributed by atoms with Gasteiger partial charge in [-0.25, -0.2) is 4.79 Å². The van der Waals surface area contributed by atoms with E-state index < -0.39 is 5.60 Å². The molecule has 0 atom stereocenters. The summed E-state index contributed by atoms with van der Waals surface area (Å²) < 4.78 is 18.4. The van der Waals surface area contributed by atoms with Crippen LogP contribution in [0, 0.1) is 0 Å². The van der Waals surface area contributed by atoms with Crippen LogP contribution in [0.25, 0.3) is 0 Å². The van der Waals surface area contributed by atoms with Crippen LogP contribution < -0.4 is 0 Å². The standard InChI is InChI=1S/C9H17NO3.HOP/c1-9(2,3)13-8(11)10-4-6-12-7-5-10;1-2/h4-7H2,1-3H3;2H. The Hall–Kier alpha value is -0.670. The van der Waals surface area contributed by atoms with E-state index >= 15 is 0 Å². The third-order valence-corrected chi connectivity index (χ3v) is 1.66. The van der Waals surface area contributed by atoms with Crippen LogP contribution in [0.2, 0.25) is 0 Å². The van der Waals surface area contributed by atoms with Crippen LogP contribution in [0.4, 0.5) is 4.79 Å². The van der Waals surface area contributed by atoms with Crippen molar-refractivity contribution in [2.24, 2.45) is 0 Å². The molecule has 15 heavy (non-hydrogen) atoms. The summed E-state index contributed by atoms with van der Waals surface area (Å²) in [7, 11) is 1.72. The molecule has 0 radical (unpaired) electrons. The lowest BCUT2D eigenvalue weighted by Crippen LogP contribution is -2.43. The van der Waals surface area contributed by atoms with Gasteiger partial charge < -0.3 is 14.4 Å². The van der Waals surface area contributed by atoms with E-state index in [0.717, 1.165) is 0 Å². The molecule has 0 saturated carbocycles. The van der Waals surface area contributed by atoms with E-state index in [2.05, 4.69) is 0 Å². The van der Waals surface area contributed by atoms with Gasteiger partial charge >= 0.3 is 6.09 Å². The van der Waals surface area contributed by atoms with E-state index in [9.17, 15) is 4.79 Å². The van der Waals surface area contributed by atoms with Gasteiger partial charge in [0.2, 0.25) is 0 Å². The summed E-state index contributed by atoms with van der Waals surface area (Å²) in [6.07, 6.45) is -0.240. The van der Waals surface area contributed by atoms with Gasteiger partial charge in [0, 0.05) is 13.1 Å². The number of nitrogens with zero attached hydrogens (tertiary/aromatic N) is 1. The summed E-state index contributed by atoms with van der Waals surface area (Å²) in [5.41, 5.74) is -0.407. The highest BCUT2D eigenvalue weighted by Gasteiger charge is 2.23. The van der Waals surface area contributed by atoms with E-state index in [4.69, 9.17) is 14.0 Å². The van der Waals surface area contributed by atoms with Crippen LogP contribution in [-0.4, -0.2) is 42.9 Å². The number of carbonyl (C=O) groups excluding carboxylic acids is 1. The van der Waals surface area contributed by atoms with Crippen LogP contribution in [0.3, 0.4) is 0 Å². The Bertz CT molecular complexity index is 199. The fourth-order valence-electron chi connectivity index (χ4n) is 1.07.